The highest BCUT2D eigenvalue weighted by molar-refractivity contribution is 7.46. The third-order valence-electron chi connectivity index (χ3n) is 5.93. The van der Waals surface area contributed by atoms with Gasteiger partial charge in [-0.05, 0) is 44.9 Å². The number of aliphatic hydroxyl groups is 1. The zero-order valence-corrected chi connectivity index (χ0v) is 25.9. The van der Waals surface area contributed by atoms with Crippen molar-refractivity contribution in [1.29, 1.82) is 0 Å². The van der Waals surface area contributed by atoms with Crippen molar-refractivity contribution in [1.82, 2.24) is 0 Å². The van der Waals surface area contributed by atoms with Crippen LogP contribution in [-0.4, -0.2) is 52.3 Å². The van der Waals surface area contributed by atoms with E-state index < -0.39 is 38.6 Å². The number of unbranched alkanes of at least 4 members (excludes halogenated alkanes) is 8. The zero-order chi connectivity index (χ0) is 30.6. The van der Waals surface area contributed by atoms with E-state index in [4.69, 9.17) is 19.3 Å². The Bertz CT molecular complexity index is 829. The second-order valence-corrected chi connectivity index (χ2v) is 11.2. The second kappa shape index (κ2) is 26.8. The van der Waals surface area contributed by atoms with E-state index in [0.29, 0.717) is 25.7 Å². The lowest BCUT2D eigenvalue weighted by molar-refractivity contribution is -0.161. The Morgan fingerprint density at radius 3 is 2.15 bits per heavy atom. The van der Waals surface area contributed by atoms with Gasteiger partial charge < -0.3 is 24.4 Å². The van der Waals surface area contributed by atoms with Gasteiger partial charge in [-0.15, -0.1) is 0 Å². The van der Waals surface area contributed by atoms with Crippen LogP contribution in [0.4, 0.5) is 0 Å². The van der Waals surface area contributed by atoms with E-state index in [1.807, 2.05) is 18.2 Å². The normalized spacial score (nSPS) is 14.0. The summed E-state index contributed by atoms with van der Waals surface area (Å²) in [4.78, 5) is 42.0. The summed E-state index contributed by atoms with van der Waals surface area (Å²) in [5, 5.41) is 10.0. The predicted octanol–water partition coefficient (Wildman–Crippen LogP) is 7.03. The van der Waals surface area contributed by atoms with Gasteiger partial charge >= 0.3 is 19.8 Å². The molecular weight excluding hydrogens is 547 g/mol. The van der Waals surface area contributed by atoms with Crippen LogP contribution in [0.5, 0.6) is 0 Å². The molecular formula is C31H53O9P. The number of ether oxygens (including phenoxy) is 2. The van der Waals surface area contributed by atoms with Gasteiger partial charge in [0.25, 0.3) is 0 Å². The lowest BCUT2D eigenvalue weighted by atomic mass is 10.1. The van der Waals surface area contributed by atoms with Gasteiger partial charge in [0.15, 0.2) is 6.10 Å². The van der Waals surface area contributed by atoms with Crippen LogP contribution in [0.15, 0.2) is 48.6 Å². The molecule has 0 amide bonds. The molecule has 3 N–H and O–H groups in total. The maximum atomic E-state index is 12.1. The molecule has 0 aromatic rings. The molecule has 0 spiro atoms. The summed E-state index contributed by atoms with van der Waals surface area (Å²) < 4.78 is 25.8. The van der Waals surface area contributed by atoms with Gasteiger partial charge in [-0.2, -0.15) is 0 Å². The van der Waals surface area contributed by atoms with Crippen molar-refractivity contribution < 1.29 is 43.0 Å². The molecule has 0 saturated heterocycles. The zero-order valence-electron chi connectivity index (χ0n) is 25.0. The number of carbonyl (C=O) groups excluding carboxylic acids is 2. The predicted molar refractivity (Wildman–Crippen MR) is 162 cm³/mol. The highest BCUT2D eigenvalue weighted by Crippen LogP contribution is 2.35. The Morgan fingerprint density at radius 2 is 1.41 bits per heavy atom. The maximum Gasteiger partial charge on any atom is 0.469 e. The van der Waals surface area contributed by atoms with Crippen LogP contribution in [0.1, 0.15) is 110 Å². The fourth-order valence-electron chi connectivity index (χ4n) is 3.62. The van der Waals surface area contributed by atoms with Crippen molar-refractivity contribution in [2.75, 3.05) is 13.2 Å². The Balaban J connectivity index is 4.21. The van der Waals surface area contributed by atoms with Crippen LogP contribution < -0.4 is 0 Å². The molecule has 0 aliphatic heterocycles. The van der Waals surface area contributed by atoms with Crippen molar-refractivity contribution in [3.8, 4) is 0 Å². The molecule has 0 heterocycles. The fraction of sp³-hybridized carbons (Fsp3) is 0.677. The number of carbonyl (C=O) groups is 2. The van der Waals surface area contributed by atoms with Crippen molar-refractivity contribution in [2.24, 2.45) is 0 Å². The first-order chi connectivity index (χ1) is 19.7. The number of aliphatic hydroxyl groups excluding tert-OH is 1. The molecule has 10 heteroatoms. The smallest absolute Gasteiger partial charge is 0.462 e. The lowest BCUT2D eigenvalue weighted by Gasteiger charge is -2.18. The fourth-order valence-corrected chi connectivity index (χ4v) is 3.98. The summed E-state index contributed by atoms with van der Waals surface area (Å²) in [7, 11) is -4.76. The average Bonchev–Trinajstić information content (AvgIpc) is 2.92. The van der Waals surface area contributed by atoms with Crippen LogP contribution in [0.2, 0.25) is 0 Å². The Hall–Kier alpha value is -2.03. The quantitative estimate of drug-likeness (QED) is 0.0314. The van der Waals surface area contributed by atoms with Gasteiger partial charge in [0.2, 0.25) is 0 Å². The lowest BCUT2D eigenvalue weighted by Crippen LogP contribution is -2.29. The molecule has 236 valence electrons. The summed E-state index contributed by atoms with van der Waals surface area (Å²) in [6.07, 6.45) is 26.4. The van der Waals surface area contributed by atoms with E-state index in [9.17, 15) is 19.3 Å². The third kappa shape index (κ3) is 29.3. The summed E-state index contributed by atoms with van der Waals surface area (Å²) in [5.41, 5.74) is 0. The van der Waals surface area contributed by atoms with Crippen LogP contribution in [0.3, 0.4) is 0 Å². The molecule has 0 aromatic heterocycles. The molecule has 0 fully saturated rings. The molecule has 0 aliphatic carbocycles. The van der Waals surface area contributed by atoms with Gasteiger partial charge in [0.05, 0.1) is 12.7 Å². The van der Waals surface area contributed by atoms with Crippen molar-refractivity contribution in [2.45, 2.75) is 122 Å². The van der Waals surface area contributed by atoms with Crippen molar-refractivity contribution >= 4 is 19.8 Å². The topological polar surface area (TPSA) is 140 Å². The molecule has 0 aliphatic rings. The minimum Gasteiger partial charge on any atom is -0.462 e. The maximum absolute atomic E-state index is 12.1. The van der Waals surface area contributed by atoms with Gasteiger partial charge in [-0.25, -0.2) is 4.57 Å². The van der Waals surface area contributed by atoms with E-state index in [1.165, 1.54) is 19.3 Å². The van der Waals surface area contributed by atoms with Crippen LogP contribution in [0.25, 0.3) is 0 Å². The number of phosphoric ester groups is 1. The number of allylic oxidation sites excluding steroid dienone is 6. The van der Waals surface area contributed by atoms with Crippen molar-refractivity contribution in [3.63, 3.8) is 0 Å². The number of esters is 2. The van der Waals surface area contributed by atoms with Gasteiger partial charge in [-0.3, -0.25) is 14.1 Å². The largest absolute Gasteiger partial charge is 0.469 e. The molecule has 2 atom stereocenters. The Labute approximate surface area is 247 Å². The molecule has 0 rings (SSSR count). The summed E-state index contributed by atoms with van der Waals surface area (Å²) in [6, 6.07) is 0. The summed E-state index contributed by atoms with van der Waals surface area (Å²) in [5.74, 6) is -1.04. The van der Waals surface area contributed by atoms with Gasteiger partial charge in [0, 0.05) is 12.8 Å². The summed E-state index contributed by atoms with van der Waals surface area (Å²) >= 11 is 0. The molecule has 1 unspecified atom stereocenters. The van der Waals surface area contributed by atoms with Gasteiger partial charge in [0.1, 0.15) is 6.61 Å². The van der Waals surface area contributed by atoms with E-state index in [0.717, 1.165) is 38.5 Å². The van der Waals surface area contributed by atoms with Crippen molar-refractivity contribution in [3.05, 3.63) is 48.6 Å². The average molecular weight is 601 g/mol. The van der Waals surface area contributed by atoms with Gasteiger partial charge in [-0.1, -0.05) is 101 Å². The SMILES string of the molecule is CCCCC/C=C\C/C=C\CC(O)/C=C\C=C\CCCC(=O)OC[C@H](COP(=O)(O)O)OC(=O)CCCCCCC. The highest BCUT2D eigenvalue weighted by Gasteiger charge is 2.22. The molecule has 0 radical (unpaired) electrons. The summed E-state index contributed by atoms with van der Waals surface area (Å²) in [6.45, 7) is 3.37. The molecule has 0 bridgehead atoms. The number of rotatable bonds is 26. The minimum atomic E-state index is -4.76. The highest BCUT2D eigenvalue weighted by atomic mass is 31.2. The first-order valence-corrected chi connectivity index (χ1v) is 16.6. The Morgan fingerprint density at radius 1 is 0.756 bits per heavy atom. The van der Waals surface area contributed by atoms with E-state index in [2.05, 4.69) is 36.6 Å². The minimum absolute atomic E-state index is 0.131. The van der Waals surface area contributed by atoms with Crippen LogP contribution >= 0.6 is 7.82 Å². The number of hydrogen-bond donors (Lipinski definition) is 3. The van der Waals surface area contributed by atoms with E-state index in [1.54, 1.807) is 12.2 Å². The van der Waals surface area contributed by atoms with Crippen LogP contribution in [0, 0.1) is 0 Å². The molecule has 41 heavy (non-hydrogen) atoms. The Kier molecular flexibility index (Phi) is 25.5. The monoisotopic (exact) mass is 600 g/mol. The molecule has 0 saturated carbocycles. The van der Waals surface area contributed by atoms with E-state index in [-0.39, 0.29) is 19.4 Å². The third-order valence-corrected chi connectivity index (χ3v) is 6.42. The molecule has 9 nitrogen and oxygen atoms in total. The molecule has 0 aromatic carbocycles. The standard InChI is InChI=1S/C31H53O9P/c1-3-5-7-9-10-11-12-15-18-22-28(32)23-19-16-13-17-20-24-30(33)38-26-29(27-39-41(35,36)37)40-31(34)25-21-14-8-6-4-2/h10-11,13,15-16,18-19,23,28-29,32H,3-9,12,14,17,20-22,24-27H2,1-2H3,(H2,35,36,37)/b11-10-,16-13+,18-15-,23-19-/t28?,29-/m1/s1. The first-order valence-electron chi connectivity index (χ1n) is 15.0. The van der Waals surface area contributed by atoms with E-state index >= 15 is 0 Å². The number of hydrogen-bond acceptors (Lipinski definition) is 7. The number of phosphoric acid groups is 1. The first kappa shape index (κ1) is 39.0. The second-order valence-electron chi connectivity index (χ2n) is 9.93. The van der Waals surface area contributed by atoms with Crippen LogP contribution in [-0.2, 0) is 28.2 Å².